The van der Waals surface area contributed by atoms with Gasteiger partial charge in [-0.25, -0.2) is 0 Å². The van der Waals surface area contributed by atoms with Gasteiger partial charge in [0.1, 0.15) is 0 Å². The third-order valence-electron chi connectivity index (χ3n) is 6.12. The maximum absolute atomic E-state index is 12.9. The van der Waals surface area contributed by atoms with Gasteiger partial charge >= 0.3 is 0 Å². The number of aromatic nitrogens is 2. The second kappa shape index (κ2) is 9.57. The average Bonchev–Trinajstić information content (AvgIpc) is 3.40. The quantitative estimate of drug-likeness (QED) is 0.530. The van der Waals surface area contributed by atoms with Crippen LogP contribution in [0.1, 0.15) is 10.4 Å². The number of ether oxygens (including phenoxy) is 5. The molecule has 0 aliphatic carbocycles. The molecule has 35 heavy (non-hydrogen) atoms. The Morgan fingerprint density at radius 2 is 1.54 bits per heavy atom. The molecule has 1 amide bonds. The number of piperazine rings is 1. The lowest BCUT2D eigenvalue weighted by Gasteiger charge is -2.35. The summed E-state index contributed by atoms with van der Waals surface area (Å²) in [5, 5.41) is 8.84. The van der Waals surface area contributed by atoms with Gasteiger partial charge in [-0.15, -0.1) is 10.2 Å². The van der Waals surface area contributed by atoms with E-state index in [1.165, 1.54) is 0 Å². The van der Waals surface area contributed by atoms with Crippen molar-refractivity contribution in [1.82, 2.24) is 15.1 Å². The van der Waals surface area contributed by atoms with Crippen molar-refractivity contribution >= 4 is 11.7 Å². The van der Waals surface area contributed by atoms with Gasteiger partial charge in [-0.3, -0.25) is 4.79 Å². The fourth-order valence-corrected chi connectivity index (χ4v) is 4.23. The van der Waals surface area contributed by atoms with Crippen molar-refractivity contribution in [2.75, 3.05) is 59.2 Å². The van der Waals surface area contributed by atoms with E-state index in [2.05, 4.69) is 15.1 Å². The first-order chi connectivity index (χ1) is 17.1. The lowest BCUT2D eigenvalue weighted by molar-refractivity contribution is 0.0746. The molecule has 0 bridgehead atoms. The highest BCUT2D eigenvalue weighted by Crippen LogP contribution is 2.40. The molecule has 0 unspecified atom stereocenters. The Balaban J connectivity index is 1.25. The van der Waals surface area contributed by atoms with Crippen molar-refractivity contribution in [3.63, 3.8) is 0 Å². The number of benzene rings is 2. The maximum atomic E-state index is 12.9. The molecule has 2 aromatic carbocycles. The van der Waals surface area contributed by atoms with E-state index in [0.717, 1.165) is 11.4 Å². The number of hydrogen-bond acceptors (Lipinski definition) is 9. The highest BCUT2D eigenvalue weighted by molar-refractivity contribution is 5.95. The second-order valence-corrected chi connectivity index (χ2v) is 8.04. The molecule has 10 heteroatoms. The number of amides is 1. The van der Waals surface area contributed by atoms with E-state index in [1.54, 1.807) is 39.5 Å². The molecule has 2 aliphatic heterocycles. The van der Waals surface area contributed by atoms with Crippen LogP contribution in [0.5, 0.6) is 28.7 Å². The minimum absolute atomic E-state index is 0.0215. The van der Waals surface area contributed by atoms with Crippen LogP contribution in [0.2, 0.25) is 0 Å². The van der Waals surface area contributed by atoms with Gasteiger partial charge in [0, 0.05) is 37.3 Å². The van der Waals surface area contributed by atoms with Crippen LogP contribution < -0.4 is 28.6 Å². The molecule has 0 radical (unpaired) electrons. The highest BCUT2D eigenvalue weighted by Gasteiger charge is 2.25. The van der Waals surface area contributed by atoms with Crippen LogP contribution >= 0.6 is 0 Å². The smallest absolute Gasteiger partial charge is 0.254 e. The molecule has 0 spiro atoms. The summed E-state index contributed by atoms with van der Waals surface area (Å²) in [5.74, 6) is 3.64. The monoisotopic (exact) mass is 478 g/mol. The van der Waals surface area contributed by atoms with Gasteiger partial charge in [-0.2, -0.15) is 0 Å². The second-order valence-electron chi connectivity index (χ2n) is 8.04. The van der Waals surface area contributed by atoms with Gasteiger partial charge in [0.15, 0.2) is 28.8 Å². The minimum Gasteiger partial charge on any atom is -0.493 e. The topological polar surface area (TPSA) is 95.5 Å². The summed E-state index contributed by atoms with van der Waals surface area (Å²) >= 11 is 0. The van der Waals surface area contributed by atoms with E-state index in [-0.39, 0.29) is 12.7 Å². The zero-order valence-corrected chi connectivity index (χ0v) is 19.8. The molecule has 1 saturated heterocycles. The predicted molar refractivity (Wildman–Crippen MR) is 128 cm³/mol. The molecule has 1 fully saturated rings. The first-order valence-corrected chi connectivity index (χ1v) is 11.2. The van der Waals surface area contributed by atoms with Crippen molar-refractivity contribution in [1.29, 1.82) is 0 Å². The van der Waals surface area contributed by atoms with Crippen molar-refractivity contribution < 1.29 is 28.5 Å². The van der Waals surface area contributed by atoms with Crippen LogP contribution in [0.15, 0.2) is 42.5 Å². The summed E-state index contributed by atoms with van der Waals surface area (Å²) in [6, 6.07) is 12.8. The predicted octanol–water partition coefficient (Wildman–Crippen LogP) is 2.86. The standard InChI is InChI=1S/C25H26N4O6/c1-31-21-13-17(14-22(32-2)24(21)33-3)18-5-7-23(27-26-18)28-8-10-29(11-9-28)25(30)16-4-6-19-20(12-16)35-15-34-19/h4-7,12-14H,8-11,15H2,1-3H3. The first kappa shape index (κ1) is 22.6. The van der Waals surface area contributed by atoms with Crippen LogP contribution in [0.4, 0.5) is 5.82 Å². The summed E-state index contributed by atoms with van der Waals surface area (Å²) in [6.45, 7) is 2.68. The number of nitrogens with zero attached hydrogens (tertiary/aromatic N) is 4. The zero-order valence-electron chi connectivity index (χ0n) is 19.8. The number of hydrogen-bond donors (Lipinski definition) is 0. The number of rotatable bonds is 6. The van der Waals surface area contributed by atoms with Crippen molar-refractivity contribution in [3.8, 4) is 40.0 Å². The fourth-order valence-electron chi connectivity index (χ4n) is 4.23. The lowest BCUT2D eigenvalue weighted by Crippen LogP contribution is -2.49. The van der Waals surface area contributed by atoms with Crippen LogP contribution in [0, 0.1) is 0 Å². The van der Waals surface area contributed by atoms with Gasteiger partial charge in [-0.1, -0.05) is 0 Å². The maximum Gasteiger partial charge on any atom is 0.254 e. The Hall–Kier alpha value is -4.21. The average molecular weight is 479 g/mol. The molecule has 0 atom stereocenters. The summed E-state index contributed by atoms with van der Waals surface area (Å²) < 4.78 is 27.0. The number of anilines is 1. The molecule has 1 aromatic heterocycles. The van der Waals surface area contributed by atoms with Crippen LogP contribution in [-0.4, -0.2) is 75.3 Å². The van der Waals surface area contributed by atoms with Crippen molar-refractivity contribution in [2.24, 2.45) is 0 Å². The van der Waals surface area contributed by atoms with Crippen molar-refractivity contribution in [3.05, 3.63) is 48.0 Å². The van der Waals surface area contributed by atoms with Crippen molar-refractivity contribution in [2.45, 2.75) is 0 Å². The van der Waals surface area contributed by atoms with Crippen LogP contribution in [0.25, 0.3) is 11.3 Å². The van der Waals surface area contributed by atoms with E-state index in [1.807, 2.05) is 29.2 Å². The number of fused-ring (bicyclic) bond motifs is 1. The molecule has 10 nitrogen and oxygen atoms in total. The Kier molecular flexibility index (Phi) is 6.17. The van der Waals surface area contributed by atoms with Crippen LogP contribution in [0.3, 0.4) is 0 Å². The molecular weight excluding hydrogens is 452 g/mol. The number of methoxy groups -OCH3 is 3. The normalized spacial score (nSPS) is 14.6. The molecule has 182 valence electrons. The summed E-state index contributed by atoms with van der Waals surface area (Å²) in [6.07, 6.45) is 0. The molecule has 3 heterocycles. The third kappa shape index (κ3) is 4.34. The minimum atomic E-state index is -0.0215. The van der Waals surface area contributed by atoms with E-state index < -0.39 is 0 Å². The van der Waals surface area contributed by atoms with Gasteiger partial charge < -0.3 is 33.5 Å². The summed E-state index contributed by atoms with van der Waals surface area (Å²) in [4.78, 5) is 16.9. The number of carbonyl (C=O) groups excluding carboxylic acids is 1. The van der Waals surface area contributed by atoms with E-state index in [9.17, 15) is 4.79 Å². The largest absolute Gasteiger partial charge is 0.493 e. The first-order valence-electron chi connectivity index (χ1n) is 11.2. The van der Waals surface area contributed by atoms with Crippen LogP contribution in [-0.2, 0) is 0 Å². The number of carbonyl (C=O) groups is 1. The van der Waals surface area contributed by atoms with E-state index in [4.69, 9.17) is 23.7 Å². The van der Waals surface area contributed by atoms with Gasteiger partial charge in [0.05, 0.1) is 27.0 Å². The Morgan fingerprint density at radius 3 is 2.17 bits per heavy atom. The highest BCUT2D eigenvalue weighted by atomic mass is 16.7. The molecule has 0 N–H and O–H groups in total. The molecule has 3 aromatic rings. The van der Waals surface area contributed by atoms with E-state index in [0.29, 0.717) is 66.2 Å². The molecule has 0 saturated carbocycles. The summed E-state index contributed by atoms with van der Waals surface area (Å²) in [5.41, 5.74) is 2.08. The van der Waals surface area contributed by atoms with Gasteiger partial charge in [0.2, 0.25) is 12.5 Å². The SMILES string of the molecule is COc1cc(-c2ccc(N3CCN(C(=O)c4ccc5c(c4)OCO5)CC3)nn2)cc(OC)c1OC. The Labute approximate surface area is 202 Å². The molecular formula is C25H26N4O6. The zero-order chi connectivity index (χ0) is 24.4. The van der Waals surface area contributed by atoms with E-state index >= 15 is 0 Å². The fraction of sp³-hybridized carbons (Fsp3) is 0.320. The third-order valence-corrected chi connectivity index (χ3v) is 6.12. The van der Waals surface area contributed by atoms with Gasteiger partial charge in [-0.05, 0) is 42.5 Å². The summed E-state index contributed by atoms with van der Waals surface area (Å²) in [7, 11) is 4.72. The Morgan fingerprint density at radius 1 is 0.829 bits per heavy atom. The lowest BCUT2D eigenvalue weighted by atomic mass is 10.1. The Bertz CT molecular complexity index is 1200. The van der Waals surface area contributed by atoms with Gasteiger partial charge in [0.25, 0.3) is 5.91 Å². The molecule has 5 rings (SSSR count). The molecule has 2 aliphatic rings.